The SMILES string of the molecule is CCNCc1sc(CN(C)C)nc1C(C)(C)C. The van der Waals surface area contributed by atoms with Gasteiger partial charge in [0, 0.05) is 23.4 Å². The third-order valence-electron chi connectivity index (χ3n) is 2.44. The average molecular weight is 255 g/mol. The number of aromatic nitrogens is 1. The Bertz CT molecular complexity index is 350. The van der Waals surface area contributed by atoms with Crippen LogP contribution in [0.5, 0.6) is 0 Å². The minimum atomic E-state index is 0.131. The number of thiazole rings is 1. The Morgan fingerprint density at radius 2 is 1.94 bits per heavy atom. The minimum absolute atomic E-state index is 0.131. The summed E-state index contributed by atoms with van der Waals surface area (Å²) in [4.78, 5) is 8.37. The second kappa shape index (κ2) is 5.94. The fourth-order valence-electron chi connectivity index (χ4n) is 1.68. The molecule has 4 heteroatoms. The van der Waals surface area contributed by atoms with Crippen LogP contribution in [0.1, 0.15) is 43.3 Å². The van der Waals surface area contributed by atoms with Crippen molar-refractivity contribution in [3.05, 3.63) is 15.6 Å². The van der Waals surface area contributed by atoms with Crippen LogP contribution in [0.4, 0.5) is 0 Å². The number of hydrogen-bond acceptors (Lipinski definition) is 4. The maximum absolute atomic E-state index is 4.81. The molecule has 0 atom stereocenters. The molecule has 0 aliphatic carbocycles. The van der Waals surface area contributed by atoms with Gasteiger partial charge in [0.05, 0.1) is 5.69 Å². The first kappa shape index (κ1) is 14.6. The summed E-state index contributed by atoms with van der Waals surface area (Å²) in [5, 5.41) is 4.62. The van der Waals surface area contributed by atoms with Crippen LogP contribution in [0.3, 0.4) is 0 Å². The van der Waals surface area contributed by atoms with Crippen molar-refractivity contribution in [2.75, 3.05) is 20.6 Å². The smallest absolute Gasteiger partial charge is 0.107 e. The zero-order chi connectivity index (χ0) is 13.1. The van der Waals surface area contributed by atoms with E-state index < -0.39 is 0 Å². The first-order valence-electron chi connectivity index (χ1n) is 6.19. The van der Waals surface area contributed by atoms with Crippen molar-refractivity contribution in [2.45, 2.75) is 46.2 Å². The van der Waals surface area contributed by atoms with E-state index in [0.29, 0.717) is 0 Å². The Labute approximate surface area is 109 Å². The molecule has 98 valence electrons. The van der Waals surface area contributed by atoms with E-state index >= 15 is 0 Å². The second-order valence-corrected chi connectivity index (χ2v) is 6.82. The van der Waals surface area contributed by atoms with Gasteiger partial charge in [0.15, 0.2) is 0 Å². The highest BCUT2D eigenvalue weighted by molar-refractivity contribution is 7.11. The lowest BCUT2D eigenvalue weighted by Crippen LogP contribution is -2.18. The highest BCUT2D eigenvalue weighted by Crippen LogP contribution is 2.29. The van der Waals surface area contributed by atoms with Crippen molar-refractivity contribution >= 4 is 11.3 Å². The van der Waals surface area contributed by atoms with Crippen LogP contribution in [-0.4, -0.2) is 30.5 Å². The van der Waals surface area contributed by atoms with Crippen LogP contribution in [0, 0.1) is 0 Å². The quantitative estimate of drug-likeness (QED) is 0.876. The monoisotopic (exact) mass is 255 g/mol. The molecule has 1 N–H and O–H groups in total. The Morgan fingerprint density at radius 3 is 2.41 bits per heavy atom. The summed E-state index contributed by atoms with van der Waals surface area (Å²) in [5.41, 5.74) is 1.38. The molecule has 1 aromatic rings. The Morgan fingerprint density at radius 1 is 1.29 bits per heavy atom. The largest absolute Gasteiger partial charge is 0.312 e. The summed E-state index contributed by atoms with van der Waals surface area (Å²) < 4.78 is 0. The number of nitrogens with zero attached hydrogens (tertiary/aromatic N) is 2. The van der Waals surface area contributed by atoms with Crippen LogP contribution in [0.15, 0.2) is 0 Å². The molecule has 0 spiro atoms. The molecule has 3 nitrogen and oxygen atoms in total. The molecule has 0 bridgehead atoms. The van der Waals surface area contributed by atoms with Gasteiger partial charge >= 0.3 is 0 Å². The predicted octanol–water partition coefficient (Wildman–Crippen LogP) is 2.61. The third-order valence-corrected chi connectivity index (χ3v) is 3.48. The van der Waals surface area contributed by atoms with Gasteiger partial charge < -0.3 is 10.2 Å². The van der Waals surface area contributed by atoms with Gasteiger partial charge in [-0.2, -0.15) is 0 Å². The van der Waals surface area contributed by atoms with Crippen LogP contribution >= 0.6 is 11.3 Å². The molecule has 0 aliphatic heterocycles. The van der Waals surface area contributed by atoms with Gasteiger partial charge in [0.1, 0.15) is 5.01 Å². The van der Waals surface area contributed by atoms with Gasteiger partial charge in [-0.3, -0.25) is 0 Å². The summed E-state index contributed by atoms with van der Waals surface area (Å²) in [6.45, 7) is 11.7. The lowest BCUT2D eigenvalue weighted by molar-refractivity contribution is 0.400. The van der Waals surface area contributed by atoms with Crippen molar-refractivity contribution in [2.24, 2.45) is 0 Å². The van der Waals surface area contributed by atoms with Crippen LogP contribution in [0.2, 0.25) is 0 Å². The Kier molecular flexibility index (Phi) is 5.10. The first-order chi connectivity index (χ1) is 7.84. The maximum atomic E-state index is 4.81. The molecule has 1 aromatic heterocycles. The number of nitrogens with one attached hydrogen (secondary N) is 1. The van der Waals surface area contributed by atoms with E-state index in [4.69, 9.17) is 4.98 Å². The van der Waals surface area contributed by atoms with Crippen LogP contribution in [0.25, 0.3) is 0 Å². The topological polar surface area (TPSA) is 28.2 Å². The van der Waals surface area contributed by atoms with Crippen molar-refractivity contribution in [3.63, 3.8) is 0 Å². The summed E-state index contributed by atoms with van der Waals surface area (Å²) in [7, 11) is 4.17. The first-order valence-corrected chi connectivity index (χ1v) is 7.00. The highest BCUT2D eigenvalue weighted by atomic mass is 32.1. The van der Waals surface area contributed by atoms with Gasteiger partial charge in [0.2, 0.25) is 0 Å². The van der Waals surface area contributed by atoms with Crippen LogP contribution in [-0.2, 0) is 18.5 Å². The van der Waals surface area contributed by atoms with Gasteiger partial charge in [-0.05, 0) is 20.6 Å². The molecule has 0 aromatic carbocycles. The molecule has 0 fully saturated rings. The molecule has 1 rings (SSSR count). The maximum Gasteiger partial charge on any atom is 0.107 e. The van der Waals surface area contributed by atoms with E-state index in [9.17, 15) is 0 Å². The fourth-order valence-corrected chi connectivity index (χ4v) is 3.05. The normalized spacial score (nSPS) is 12.4. The van der Waals surface area contributed by atoms with Crippen LogP contribution < -0.4 is 5.32 Å². The van der Waals surface area contributed by atoms with E-state index in [2.05, 4.69) is 52.0 Å². The summed E-state index contributed by atoms with van der Waals surface area (Å²) in [5.74, 6) is 0. The molecular formula is C13H25N3S. The standard InChI is InChI=1S/C13H25N3S/c1-7-14-8-10-12(13(2,3)4)15-11(17-10)9-16(5)6/h14H,7-9H2,1-6H3. The molecule has 0 unspecified atom stereocenters. The predicted molar refractivity (Wildman–Crippen MR) is 75.6 cm³/mol. The molecule has 0 amide bonds. The van der Waals surface area contributed by atoms with Crippen molar-refractivity contribution in [1.82, 2.24) is 15.2 Å². The Hall–Kier alpha value is -0.450. The van der Waals surface area contributed by atoms with E-state index in [1.165, 1.54) is 15.6 Å². The zero-order valence-electron chi connectivity index (χ0n) is 11.9. The summed E-state index contributed by atoms with van der Waals surface area (Å²) >= 11 is 1.84. The summed E-state index contributed by atoms with van der Waals surface area (Å²) in [6, 6.07) is 0. The van der Waals surface area contributed by atoms with E-state index in [-0.39, 0.29) is 5.41 Å². The average Bonchev–Trinajstić information content (AvgIpc) is 2.56. The highest BCUT2D eigenvalue weighted by Gasteiger charge is 2.22. The second-order valence-electron chi connectivity index (χ2n) is 5.65. The Balaban J connectivity index is 2.95. The lowest BCUT2D eigenvalue weighted by atomic mass is 9.91. The molecule has 0 saturated heterocycles. The number of hydrogen-bond donors (Lipinski definition) is 1. The van der Waals surface area contributed by atoms with Gasteiger partial charge in [-0.1, -0.05) is 27.7 Å². The van der Waals surface area contributed by atoms with Gasteiger partial charge in [-0.15, -0.1) is 11.3 Å². The van der Waals surface area contributed by atoms with Crippen molar-refractivity contribution in [3.8, 4) is 0 Å². The fraction of sp³-hybridized carbons (Fsp3) is 0.769. The minimum Gasteiger partial charge on any atom is -0.312 e. The summed E-state index contributed by atoms with van der Waals surface area (Å²) in [6.07, 6.45) is 0. The van der Waals surface area contributed by atoms with Crippen molar-refractivity contribution in [1.29, 1.82) is 0 Å². The van der Waals surface area contributed by atoms with E-state index in [0.717, 1.165) is 19.6 Å². The molecular weight excluding hydrogens is 230 g/mol. The van der Waals surface area contributed by atoms with Crippen molar-refractivity contribution < 1.29 is 0 Å². The van der Waals surface area contributed by atoms with E-state index in [1.807, 2.05) is 11.3 Å². The molecule has 0 radical (unpaired) electrons. The van der Waals surface area contributed by atoms with E-state index in [1.54, 1.807) is 0 Å². The molecule has 17 heavy (non-hydrogen) atoms. The van der Waals surface area contributed by atoms with Gasteiger partial charge in [-0.25, -0.2) is 4.98 Å². The van der Waals surface area contributed by atoms with Gasteiger partial charge in [0.25, 0.3) is 0 Å². The lowest BCUT2D eigenvalue weighted by Gasteiger charge is -2.17. The molecule has 0 aliphatic rings. The third kappa shape index (κ3) is 4.37. The molecule has 0 saturated carbocycles. The zero-order valence-corrected chi connectivity index (χ0v) is 12.7. The number of rotatable bonds is 5. The molecule has 1 heterocycles.